The lowest BCUT2D eigenvalue weighted by atomic mass is 10.00. The van der Waals surface area contributed by atoms with E-state index >= 15 is 0 Å². The second-order valence-electron chi connectivity index (χ2n) is 4.37. The fourth-order valence-electron chi connectivity index (χ4n) is 2.20. The van der Waals surface area contributed by atoms with Gasteiger partial charge in [0, 0.05) is 18.6 Å². The van der Waals surface area contributed by atoms with Gasteiger partial charge in [0.05, 0.1) is 0 Å². The number of halogens is 1. The van der Waals surface area contributed by atoms with Crippen LogP contribution >= 0.6 is 0 Å². The Morgan fingerprint density at radius 3 is 2.17 bits per heavy atom. The Hall–Kier alpha value is -0.110. The van der Waals surface area contributed by atoms with Crippen LogP contribution in [0, 0.1) is 5.92 Å². The van der Waals surface area contributed by atoms with Crippen LogP contribution in [0.3, 0.4) is 0 Å². The summed E-state index contributed by atoms with van der Waals surface area (Å²) < 4.78 is 13.4. The van der Waals surface area contributed by atoms with Gasteiger partial charge in [-0.1, -0.05) is 13.8 Å². The van der Waals surface area contributed by atoms with Crippen LogP contribution in [0.5, 0.6) is 0 Å². The molecule has 0 amide bonds. The van der Waals surface area contributed by atoms with Gasteiger partial charge in [-0.15, -0.1) is 0 Å². The van der Waals surface area contributed by atoms with Crippen molar-refractivity contribution in [2.24, 2.45) is 5.92 Å². The molecule has 0 N–H and O–H groups in total. The van der Waals surface area contributed by atoms with Gasteiger partial charge >= 0.3 is 0 Å². The molecule has 1 aliphatic heterocycles. The predicted octanol–water partition coefficient (Wildman–Crippen LogP) is 2.46. The van der Waals surface area contributed by atoms with Crippen molar-refractivity contribution in [3.8, 4) is 0 Å². The van der Waals surface area contributed by atoms with Gasteiger partial charge in [0.1, 0.15) is 6.17 Å². The Kier molecular flexibility index (Phi) is 3.10. The smallest absolute Gasteiger partial charge is 0.117 e. The summed E-state index contributed by atoms with van der Waals surface area (Å²) >= 11 is 0. The van der Waals surface area contributed by atoms with Gasteiger partial charge in [-0.2, -0.15) is 0 Å². The Morgan fingerprint density at radius 2 is 1.83 bits per heavy atom. The molecule has 72 valence electrons. The highest BCUT2D eigenvalue weighted by Gasteiger charge is 2.37. The first-order valence-electron chi connectivity index (χ1n) is 4.94. The van der Waals surface area contributed by atoms with E-state index in [-0.39, 0.29) is 6.04 Å². The summed E-state index contributed by atoms with van der Waals surface area (Å²) in [7, 11) is 0. The van der Waals surface area contributed by atoms with E-state index in [1.807, 2.05) is 0 Å². The van der Waals surface area contributed by atoms with Crippen molar-refractivity contribution in [2.45, 2.75) is 52.4 Å². The first-order valence-corrected chi connectivity index (χ1v) is 4.94. The summed E-state index contributed by atoms with van der Waals surface area (Å²) in [6, 6.07) is 0.642. The SMILES string of the molecule is CC(C)C1C(F)CCN1C(C)C. The number of rotatable bonds is 2. The van der Waals surface area contributed by atoms with Crippen molar-refractivity contribution in [3.63, 3.8) is 0 Å². The van der Waals surface area contributed by atoms with Crippen LogP contribution in [0.2, 0.25) is 0 Å². The van der Waals surface area contributed by atoms with Crippen LogP contribution in [0.15, 0.2) is 0 Å². The number of alkyl halides is 1. The molecule has 2 unspecified atom stereocenters. The molecule has 0 bridgehead atoms. The topological polar surface area (TPSA) is 3.24 Å². The minimum absolute atomic E-state index is 0.157. The van der Waals surface area contributed by atoms with E-state index in [1.54, 1.807) is 0 Å². The van der Waals surface area contributed by atoms with E-state index < -0.39 is 6.17 Å². The predicted molar refractivity (Wildman–Crippen MR) is 50.0 cm³/mol. The van der Waals surface area contributed by atoms with Crippen LogP contribution in [0.4, 0.5) is 4.39 Å². The molecule has 1 rings (SSSR count). The number of hydrogen-bond acceptors (Lipinski definition) is 1. The standard InChI is InChI=1S/C10H20FN/c1-7(2)10-9(11)5-6-12(10)8(3)4/h7-10H,5-6H2,1-4H3. The van der Waals surface area contributed by atoms with Gasteiger partial charge in [0.15, 0.2) is 0 Å². The van der Waals surface area contributed by atoms with Crippen molar-refractivity contribution in [1.29, 1.82) is 0 Å². The third kappa shape index (κ3) is 1.79. The third-order valence-corrected chi connectivity index (χ3v) is 2.76. The van der Waals surface area contributed by atoms with E-state index in [0.717, 1.165) is 13.0 Å². The Morgan fingerprint density at radius 1 is 1.25 bits per heavy atom. The van der Waals surface area contributed by atoms with Crippen molar-refractivity contribution in [1.82, 2.24) is 4.90 Å². The van der Waals surface area contributed by atoms with Gasteiger partial charge in [0.25, 0.3) is 0 Å². The van der Waals surface area contributed by atoms with E-state index in [4.69, 9.17) is 0 Å². The monoisotopic (exact) mass is 173 g/mol. The van der Waals surface area contributed by atoms with E-state index in [1.165, 1.54) is 0 Å². The lowest BCUT2D eigenvalue weighted by Gasteiger charge is -2.31. The summed E-state index contributed by atoms with van der Waals surface area (Å²) in [6.07, 6.45) is 0.119. The molecule has 1 nitrogen and oxygen atoms in total. The Bertz CT molecular complexity index is 145. The average molecular weight is 173 g/mol. The van der Waals surface area contributed by atoms with Crippen molar-refractivity contribution in [2.75, 3.05) is 6.54 Å². The highest BCUT2D eigenvalue weighted by Crippen LogP contribution is 2.28. The summed E-state index contributed by atoms with van der Waals surface area (Å²) in [6.45, 7) is 9.44. The molecular formula is C10H20FN. The van der Waals surface area contributed by atoms with Gasteiger partial charge < -0.3 is 0 Å². The van der Waals surface area contributed by atoms with Crippen LogP contribution in [-0.4, -0.2) is 29.7 Å². The zero-order valence-electron chi connectivity index (χ0n) is 8.55. The molecule has 0 radical (unpaired) electrons. The molecule has 0 saturated carbocycles. The summed E-state index contributed by atoms with van der Waals surface area (Å²) in [5.41, 5.74) is 0. The molecule has 0 aliphatic carbocycles. The number of hydrogen-bond donors (Lipinski definition) is 0. The quantitative estimate of drug-likeness (QED) is 0.620. The maximum Gasteiger partial charge on any atom is 0.117 e. The number of nitrogens with zero attached hydrogens (tertiary/aromatic N) is 1. The first-order chi connectivity index (χ1) is 5.54. The minimum Gasteiger partial charge on any atom is -0.295 e. The fraction of sp³-hybridized carbons (Fsp3) is 1.00. The highest BCUT2D eigenvalue weighted by molar-refractivity contribution is 4.90. The third-order valence-electron chi connectivity index (χ3n) is 2.76. The van der Waals surface area contributed by atoms with Crippen LogP contribution < -0.4 is 0 Å². The van der Waals surface area contributed by atoms with E-state index in [2.05, 4.69) is 32.6 Å². The van der Waals surface area contributed by atoms with Crippen molar-refractivity contribution in [3.05, 3.63) is 0 Å². The van der Waals surface area contributed by atoms with E-state index in [9.17, 15) is 4.39 Å². The molecule has 12 heavy (non-hydrogen) atoms. The fourth-order valence-corrected chi connectivity index (χ4v) is 2.20. The van der Waals surface area contributed by atoms with Gasteiger partial charge in [-0.05, 0) is 26.2 Å². The maximum absolute atomic E-state index is 13.4. The molecule has 0 aromatic rings. The molecule has 2 atom stereocenters. The molecule has 1 saturated heterocycles. The Balaban J connectivity index is 2.64. The van der Waals surface area contributed by atoms with Crippen LogP contribution in [-0.2, 0) is 0 Å². The molecule has 1 fully saturated rings. The second-order valence-corrected chi connectivity index (χ2v) is 4.37. The lowest BCUT2D eigenvalue weighted by Crippen LogP contribution is -2.41. The van der Waals surface area contributed by atoms with Crippen molar-refractivity contribution >= 4 is 0 Å². The second kappa shape index (κ2) is 3.73. The van der Waals surface area contributed by atoms with E-state index in [0.29, 0.717) is 12.0 Å². The summed E-state index contributed by atoms with van der Waals surface area (Å²) in [4.78, 5) is 2.29. The lowest BCUT2D eigenvalue weighted by molar-refractivity contribution is 0.121. The number of likely N-dealkylation sites (tertiary alicyclic amines) is 1. The molecule has 2 heteroatoms. The molecular weight excluding hydrogens is 153 g/mol. The Labute approximate surface area is 74.9 Å². The van der Waals surface area contributed by atoms with Crippen LogP contribution in [0.1, 0.15) is 34.1 Å². The first kappa shape index (κ1) is 9.97. The molecule has 0 spiro atoms. The molecule has 1 heterocycles. The van der Waals surface area contributed by atoms with Gasteiger partial charge in [0.2, 0.25) is 0 Å². The zero-order chi connectivity index (χ0) is 9.30. The maximum atomic E-state index is 13.4. The largest absolute Gasteiger partial charge is 0.295 e. The molecule has 0 aromatic carbocycles. The van der Waals surface area contributed by atoms with Crippen LogP contribution in [0.25, 0.3) is 0 Å². The average Bonchev–Trinajstić information content (AvgIpc) is 2.30. The normalized spacial score (nSPS) is 32.2. The van der Waals surface area contributed by atoms with Gasteiger partial charge in [-0.3, -0.25) is 4.90 Å². The highest BCUT2D eigenvalue weighted by atomic mass is 19.1. The summed E-state index contributed by atoms with van der Waals surface area (Å²) in [5.74, 6) is 0.435. The zero-order valence-corrected chi connectivity index (χ0v) is 8.55. The molecule has 0 aromatic heterocycles. The molecule has 1 aliphatic rings. The van der Waals surface area contributed by atoms with Crippen molar-refractivity contribution < 1.29 is 4.39 Å². The van der Waals surface area contributed by atoms with Gasteiger partial charge in [-0.25, -0.2) is 4.39 Å². The summed E-state index contributed by atoms with van der Waals surface area (Å²) in [5, 5.41) is 0. The minimum atomic E-state index is -0.604.